The molecule has 0 aromatic carbocycles. The van der Waals surface area contributed by atoms with Gasteiger partial charge in [0.25, 0.3) is 0 Å². The van der Waals surface area contributed by atoms with Gasteiger partial charge in [-0.05, 0) is 19.3 Å². The molecule has 1 aliphatic rings. The molecule has 108 valence electrons. The van der Waals surface area contributed by atoms with Crippen LogP contribution >= 0.6 is 0 Å². The SMILES string of the molecule is CS(=O)(=O)NCCNC1CCCC(C(F)(F)F)C1. The number of nitrogens with one attached hydrogen (secondary N) is 2. The van der Waals surface area contributed by atoms with Gasteiger partial charge in [-0.15, -0.1) is 0 Å². The van der Waals surface area contributed by atoms with Gasteiger partial charge in [0.1, 0.15) is 0 Å². The van der Waals surface area contributed by atoms with Gasteiger partial charge in [-0.3, -0.25) is 0 Å². The van der Waals surface area contributed by atoms with Crippen molar-refractivity contribution in [2.24, 2.45) is 5.92 Å². The highest BCUT2D eigenvalue weighted by Gasteiger charge is 2.41. The summed E-state index contributed by atoms with van der Waals surface area (Å²) in [5.74, 6) is -1.23. The molecule has 0 bridgehead atoms. The maximum absolute atomic E-state index is 12.5. The van der Waals surface area contributed by atoms with E-state index in [0.29, 0.717) is 19.4 Å². The van der Waals surface area contributed by atoms with Crippen LogP contribution in [0, 0.1) is 5.92 Å². The van der Waals surface area contributed by atoms with Crippen molar-refractivity contribution in [1.82, 2.24) is 10.0 Å². The van der Waals surface area contributed by atoms with E-state index in [0.717, 1.165) is 6.26 Å². The van der Waals surface area contributed by atoms with Crippen LogP contribution in [0.2, 0.25) is 0 Å². The van der Waals surface area contributed by atoms with Crippen LogP contribution in [-0.2, 0) is 10.0 Å². The summed E-state index contributed by atoms with van der Waals surface area (Å²) in [4.78, 5) is 0. The van der Waals surface area contributed by atoms with Gasteiger partial charge < -0.3 is 5.32 Å². The summed E-state index contributed by atoms with van der Waals surface area (Å²) >= 11 is 0. The predicted octanol–water partition coefficient (Wildman–Crippen LogP) is 1.25. The molecular weight excluding hydrogens is 269 g/mol. The Kier molecular flexibility index (Phi) is 5.42. The molecule has 0 spiro atoms. The first-order valence-corrected chi connectivity index (χ1v) is 7.82. The fraction of sp³-hybridized carbons (Fsp3) is 1.00. The van der Waals surface area contributed by atoms with Crippen molar-refractivity contribution in [2.75, 3.05) is 19.3 Å². The molecule has 0 amide bonds. The minimum Gasteiger partial charge on any atom is -0.313 e. The molecule has 8 heteroatoms. The van der Waals surface area contributed by atoms with Gasteiger partial charge in [0.05, 0.1) is 12.2 Å². The molecule has 1 rings (SSSR count). The van der Waals surface area contributed by atoms with E-state index >= 15 is 0 Å². The van der Waals surface area contributed by atoms with E-state index in [9.17, 15) is 21.6 Å². The second-order valence-corrected chi connectivity index (χ2v) is 6.56. The number of hydrogen-bond donors (Lipinski definition) is 2. The second kappa shape index (κ2) is 6.21. The molecule has 0 saturated heterocycles. The summed E-state index contributed by atoms with van der Waals surface area (Å²) in [6.45, 7) is 0.550. The van der Waals surface area contributed by atoms with Crippen molar-refractivity contribution in [3.8, 4) is 0 Å². The summed E-state index contributed by atoms with van der Waals surface area (Å²) in [6.07, 6.45) is -1.52. The number of halogens is 3. The highest BCUT2D eigenvalue weighted by molar-refractivity contribution is 7.88. The van der Waals surface area contributed by atoms with E-state index in [1.54, 1.807) is 0 Å². The molecule has 1 aliphatic carbocycles. The Morgan fingerprint density at radius 2 is 1.89 bits per heavy atom. The minimum absolute atomic E-state index is 0.0857. The molecule has 1 saturated carbocycles. The van der Waals surface area contributed by atoms with E-state index in [2.05, 4.69) is 10.0 Å². The lowest BCUT2D eigenvalue weighted by atomic mass is 9.85. The summed E-state index contributed by atoms with van der Waals surface area (Å²) in [6, 6.07) is -0.174. The van der Waals surface area contributed by atoms with Gasteiger partial charge in [-0.25, -0.2) is 13.1 Å². The fourth-order valence-corrected chi connectivity index (χ4v) is 2.66. The van der Waals surface area contributed by atoms with Gasteiger partial charge in [-0.2, -0.15) is 13.2 Å². The average molecular weight is 288 g/mol. The van der Waals surface area contributed by atoms with Crippen molar-refractivity contribution < 1.29 is 21.6 Å². The van der Waals surface area contributed by atoms with Crippen LogP contribution in [0.15, 0.2) is 0 Å². The average Bonchev–Trinajstić information content (AvgIpc) is 2.22. The third kappa shape index (κ3) is 6.01. The van der Waals surface area contributed by atoms with Gasteiger partial charge >= 0.3 is 6.18 Å². The Labute approximate surface area is 105 Å². The monoisotopic (exact) mass is 288 g/mol. The molecule has 2 N–H and O–H groups in total. The van der Waals surface area contributed by atoms with Crippen molar-refractivity contribution in [2.45, 2.75) is 37.9 Å². The minimum atomic E-state index is -4.12. The Bertz CT molecular complexity index is 357. The maximum atomic E-state index is 12.5. The second-order valence-electron chi connectivity index (χ2n) is 4.72. The van der Waals surface area contributed by atoms with Crippen molar-refractivity contribution in [3.05, 3.63) is 0 Å². The summed E-state index contributed by atoms with van der Waals surface area (Å²) < 4.78 is 61.5. The largest absolute Gasteiger partial charge is 0.391 e. The van der Waals surface area contributed by atoms with Crippen LogP contribution in [0.5, 0.6) is 0 Å². The Hall–Kier alpha value is -0.340. The van der Waals surface area contributed by atoms with Crippen LogP contribution in [-0.4, -0.2) is 40.0 Å². The molecule has 0 heterocycles. The van der Waals surface area contributed by atoms with Gasteiger partial charge in [0.2, 0.25) is 10.0 Å². The molecular formula is C10H19F3N2O2S. The Morgan fingerprint density at radius 1 is 1.22 bits per heavy atom. The normalized spacial score (nSPS) is 26.2. The third-order valence-electron chi connectivity index (χ3n) is 3.06. The smallest absolute Gasteiger partial charge is 0.313 e. The third-order valence-corrected chi connectivity index (χ3v) is 3.79. The van der Waals surface area contributed by atoms with E-state index in [4.69, 9.17) is 0 Å². The molecule has 0 radical (unpaired) electrons. The zero-order valence-electron chi connectivity index (χ0n) is 10.3. The molecule has 4 nitrogen and oxygen atoms in total. The number of alkyl halides is 3. The quantitative estimate of drug-likeness (QED) is 0.749. The van der Waals surface area contributed by atoms with Crippen molar-refractivity contribution in [1.29, 1.82) is 0 Å². The van der Waals surface area contributed by atoms with Crippen LogP contribution in [0.3, 0.4) is 0 Å². The molecule has 0 aliphatic heterocycles. The zero-order valence-corrected chi connectivity index (χ0v) is 11.1. The zero-order chi connectivity index (χ0) is 13.8. The first kappa shape index (κ1) is 15.7. The number of rotatable bonds is 5. The molecule has 0 aromatic heterocycles. The van der Waals surface area contributed by atoms with E-state index in [-0.39, 0.29) is 25.4 Å². The Morgan fingerprint density at radius 3 is 2.44 bits per heavy atom. The van der Waals surface area contributed by atoms with Crippen LogP contribution in [0.25, 0.3) is 0 Å². The van der Waals surface area contributed by atoms with E-state index in [1.165, 1.54) is 0 Å². The maximum Gasteiger partial charge on any atom is 0.391 e. The highest BCUT2D eigenvalue weighted by Crippen LogP contribution is 2.37. The van der Waals surface area contributed by atoms with E-state index < -0.39 is 22.1 Å². The first-order chi connectivity index (χ1) is 8.18. The standard InChI is InChI=1S/C10H19F3N2O2S/c1-18(16,17)15-6-5-14-9-4-2-3-8(7-9)10(11,12)13/h8-9,14-15H,2-7H2,1H3. The fourth-order valence-electron chi connectivity index (χ4n) is 2.19. The van der Waals surface area contributed by atoms with Crippen LogP contribution < -0.4 is 10.0 Å². The lowest BCUT2D eigenvalue weighted by molar-refractivity contribution is -0.183. The first-order valence-electron chi connectivity index (χ1n) is 5.93. The van der Waals surface area contributed by atoms with Crippen LogP contribution in [0.1, 0.15) is 25.7 Å². The van der Waals surface area contributed by atoms with Gasteiger partial charge in [0, 0.05) is 19.1 Å². The molecule has 1 fully saturated rings. The number of sulfonamides is 1. The summed E-state index contributed by atoms with van der Waals surface area (Å²) in [5, 5.41) is 2.97. The van der Waals surface area contributed by atoms with E-state index in [1.807, 2.05) is 0 Å². The molecule has 2 unspecified atom stereocenters. The van der Waals surface area contributed by atoms with Crippen molar-refractivity contribution >= 4 is 10.0 Å². The van der Waals surface area contributed by atoms with Crippen LogP contribution in [0.4, 0.5) is 13.2 Å². The van der Waals surface area contributed by atoms with Crippen molar-refractivity contribution in [3.63, 3.8) is 0 Å². The lowest BCUT2D eigenvalue weighted by Crippen LogP contribution is -2.41. The summed E-state index contributed by atoms with van der Waals surface area (Å²) in [5.41, 5.74) is 0. The number of hydrogen-bond acceptors (Lipinski definition) is 3. The Balaban J connectivity index is 2.27. The van der Waals surface area contributed by atoms with Gasteiger partial charge in [0.15, 0.2) is 0 Å². The predicted molar refractivity (Wildman–Crippen MR) is 62.7 cm³/mol. The summed E-state index contributed by atoms with van der Waals surface area (Å²) in [7, 11) is -3.23. The highest BCUT2D eigenvalue weighted by atomic mass is 32.2. The molecule has 18 heavy (non-hydrogen) atoms. The topological polar surface area (TPSA) is 58.2 Å². The molecule has 0 aromatic rings. The van der Waals surface area contributed by atoms with Gasteiger partial charge in [-0.1, -0.05) is 6.42 Å². The lowest BCUT2D eigenvalue weighted by Gasteiger charge is -2.31. The molecule has 2 atom stereocenters.